The van der Waals surface area contributed by atoms with Crippen LogP contribution >= 0.6 is 28.1 Å². The average Bonchev–Trinajstić information content (AvgIpc) is 2.73. The molecule has 0 aliphatic carbocycles. The summed E-state index contributed by atoms with van der Waals surface area (Å²) in [6.45, 7) is 2.03. The highest BCUT2D eigenvalue weighted by Gasteiger charge is 2.18. The first-order valence-corrected chi connectivity index (χ1v) is 6.99. The molecule has 0 bridgehead atoms. The molecule has 4 nitrogen and oxygen atoms in total. The van der Waals surface area contributed by atoms with E-state index in [9.17, 15) is 4.39 Å². The molecule has 0 saturated heterocycles. The Morgan fingerprint density at radius 2 is 2.26 bits per heavy atom. The van der Waals surface area contributed by atoms with Gasteiger partial charge in [0.15, 0.2) is 16.3 Å². The van der Waals surface area contributed by atoms with Crippen molar-refractivity contribution in [1.29, 1.82) is 0 Å². The smallest absolute Gasteiger partial charge is 0.200 e. The van der Waals surface area contributed by atoms with Crippen molar-refractivity contribution < 1.29 is 9.13 Å². The molecule has 19 heavy (non-hydrogen) atoms. The van der Waals surface area contributed by atoms with Gasteiger partial charge in [0.25, 0.3) is 0 Å². The quantitative estimate of drug-likeness (QED) is 0.857. The largest absolute Gasteiger partial charge is 0.494 e. The first-order chi connectivity index (χ1) is 9.10. The number of methoxy groups -OCH3 is 1. The van der Waals surface area contributed by atoms with Crippen molar-refractivity contribution in [3.8, 4) is 11.4 Å². The monoisotopic (exact) mass is 345 g/mol. The van der Waals surface area contributed by atoms with Crippen LogP contribution in [0, 0.1) is 10.6 Å². The molecule has 1 aromatic heterocycles. The fraction of sp³-hybridized carbons (Fsp3) is 0.333. The van der Waals surface area contributed by atoms with E-state index in [1.165, 1.54) is 7.11 Å². The molecule has 0 unspecified atom stereocenters. The van der Waals surface area contributed by atoms with E-state index >= 15 is 0 Å². The third-order valence-corrected chi connectivity index (χ3v) is 3.60. The summed E-state index contributed by atoms with van der Waals surface area (Å²) in [7, 11) is 1.43. The van der Waals surface area contributed by atoms with Crippen molar-refractivity contribution in [2.24, 2.45) is 0 Å². The van der Waals surface area contributed by atoms with Crippen molar-refractivity contribution >= 4 is 28.1 Å². The number of aryl methyl sites for hydroxylation is 1. The van der Waals surface area contributed by atoms with Crippen molar-refractivity contribution in [2.75, 3.05) is 7.11 Å². The Bertz CT molecular complexity index is 653. The van der Waals surface area contributed by atoms with Gasteiger partial charge in [-0.3, -0.25) is 9.67 Å². The first kappa shape index (κ1) is 14.2. The summed E-state index contributed by atoms with van der Waals surface area (Å²) < 4.78 is 22.0. The number of nitrogens with one attached hydrogen (secondary N) is 1. The molecule has 0 aliphatic rings. The molecule has 2 aromatic rings. The molecular weight excluding hydrogens is 333 g/mol. The van der Waals surface area contributed by atoms with Crippen LogP contribution in [0.1, 0.15) is 19.2 Å². The van der Waals surface area contributed by atoms with E-state index in [1.807, 2.05) is 6.92 Å². The minimum Gasteiger partial charge on any atom is -0.494 e. The van der Waals surface area contributed by atoms with Gasteiger partial charge in [-0.15, -0.1) is 0 Å². The van der Waals surface area contributed by atoms with Gasteiger partial charge in [0.05, 0.1) is 7.11 Å². The number of benzene rings is 1. The van der Waals surface area contributed by atoms with E-state index in [0.29, 0.717) is 27.2 Å². The maximum Gasteiger partial charge on any atom is 0.200 e. The summed E-state index contributed by atoms with van der Waals surface area (Å²) in [4.78, 5) is 0. The van der Waals surface area contributed by atoms with E-state index in [0.717, 1.165) is 6.42 Å². The highest BCUT2D eigenvalue weighted by molar-refractivity contribution is 9.10. The Labute approximate surface area is 123 Å². The number of H-pyrrole nitrogens is 1. The van der Waals surface area contributed by atoms with Crippen molar-refractivity contribution in [3.63, 3.8) is 0 Å². The zero-order valence-electron chi connectivity index (χ0n) is 10.5. The van der Waals surface area contributed by atoms with Crippen LogP contribution in [-0.4, -0.2) is 21.9 Å². The third kappa shape index (κ3) is 2.57. The van der Waals surface area contributed by atoms with Gasteiger partial charge in [-0.05, 0) is 46.7 Å². The van der Waals surface area contributed by atoms with Crippen molar-refractivity contribution in [2.45, 2.75) is 19.8 Å². The SMILES string of the molecule is CCCc1n[nH]c(=S)n1-c1c(Br)ccc(OC)c1F. The van der Waals surface area contributed by atoms with Crippen LogP contribution in [0.5, 0.6) is 5.75 Å². The van der Waals surface area contributed by atoms with Crippen LogP contribution < -0.4 is 4.74 Å². The summed E-state index contributed by atoms with van der Waals surface area (Å²) >= 11 is 8.53. The van der Waals surface area contributed by atoms with Crippen molar-refractivity contribution in [1.82, 2.24) is 14.8 Å². The molecule has 0 aliphatic heterocycles. The molecule has 7 heteroatoms. The minimum absolute atomic E-state index is 0.170. The zero-order chi connectivity index (χ0) is 14.0. The van der Waals surface area contributed by atoms with Crippen LogP contribution in [0.25, 0.3) is 5.69 Å². The number of nitrogens with zero attached hydrogens (tertiary/aromatic N) is 2. The maximum atomic E-state index is 14.4. The topological polar surface area (TPSA) is 42.8 Å². The number of rotatable bonds is 4. The summed E-state index contributed by atoms with van der Waals surface area (Å²) in [5.41, 5.74) is 0.321. The van der Waals surface area contributed by atoms with Gasteiger partial charge in [-0.25, -0.2) is 4.39 Å². The molecule has 0 radical (unpaired) electrons. The second-order valence-electron chi connectivity index (χ2n) is 3.94. The number of hydrogen-bond donors (Lipinski definition) is 1. The standard InChI is InChI=1S/C12H13BrFN3OS/c1-3-4-9-15-16-12(19)17(9)11-7(13)5-6-8(18-2)10(11)14/h5-6H,3-4H2,1-2H3,(H,16,19). The molecule has 1 heterocycles. The van der Waals surface area contributed by atoms with E-state index < -0.39 is 5.82 Å². The fourth-order valence-corrected chi connectivity index (χ4v) is 2.56. The lowest BCUT2D eigenvalue weighted by molar-refractivity contribution is 0.385. The van der Waals surface area contributed by atoms with Crippen LogP contribution in [0.3, 0.4) is 0 Å². The van der Waals surface area contributed by atoms with Gasteiger partial charge in [-0.1, -0.05) is 6.92 Å². The van der Waals surface area contributed by atoms with Gasteiger partial charge in [0.2, 0.25) is 0 Å². The van der Waals surface area contributed by atoms with Gasteiger partial charge in [-0.2, -0.15) is 5.10 Å². The molecule has 0 atom stereocenters. The lowest BCUT2D eigenvalue weighted by Gasteiger charge is -2.12. The summed E-state index contributed by atoms with van der Waals surface area (Å²) in [5, 5.41) is 6.84. The highest BCUT2D eigenvalue weighted by atomic mass is 79.9. The van der Waals surface area contributed by atoms with Crippen LogP contribution in [-0.2, 0) is 6.42 Å². The van der Waals surface area contributed by atoms with Gasteiger partial charge < -0.3 is 4.74 Å². The molecule has 1 aromatic carbocycles. The second kappa shape index (κ2) is 5.83. The van der Waals surface area contributed by atoms with E-state index in [1.54, 1.807) is 16.7 Å². The molecule has 2 rings (SSSR count). The Kier molecular flexibility index (Phi) is 4.36. The summed E-state index contributed by atoms with van der Waals surface area (Å²) in [5.74, 6) is 0.399. The molecule has 0 saturated carbocycles. The van der Waals surface area contributed by atoms with Gasteiger partial charge in [0.1, 0.15) is 11.5 Å². The lowest BCUT2D eigenvalue weighted by Crippen LogP contribution is -2.06. The zero-order valence-corrected chi connectivity index (χ0v) is 12.9. The van der Waals surface area contributed by atoms with Gasteiger partial charge in [0, 0.05) is 10.9 Å². The van der Waals surface area contributed by atoms with Crippen molar-refractivity contribution in [3.05, 3.63) is 33.0 Å². The molecule has 0 amide bonds. The van der Waals surface area contributed by atoms with E-state index in [4.69, 9.17) is 17.0 Å². The Morgan fingerprint density at radius 3 is 2.89 bits per heavy atom. The van der Waals surface area contributed by atoms with Gasteiger partial charge >= 0.3 is 0 Å². The highest BCUT2D eigenvalue weighted by Crippen LogP contribution is 2.31. The average molecular weight is 346 g/mol. The number of aromatic nitrogens is 3. The molecule has 0 spiro atoms. The van der Waals surface area contributed by atoms with E-state index in [-0.39, 0.29) is 5.75 Å². The molecule has 1 N–H and O–H groups in total. The molecular formula is C12H13BrFN3OS. The Balaban J connectivity index is 2.71. The second-order valence-corrected chi connectivity index (χ2v) is 5.18. The van der Waals surface area contributed by atoms with Crippen LogP contribution in [0.15, 0.2) is 16.6 Å². The Morgan fingerprint density at radius 1 is 1.53 bits per heavy atom. The molecule has 0 fully saturated rings. The lowest BCUT2D eigenvalue weighted by atomic mass is 10.2. The predicted octanol–water partition coefficient (Wildman–Crippen LogP) is 3.79. The summed E-state index contributed by atoms with van der Waals surface area (Å²) in [6.07, 6.45) is 1.60. The predicted molar refractivity (Wildman–Crippen MR) is 77.0 cm³/mol. The number of ether oxygens (including phenoxy) is 1. The number of aromatic amines is 1. The van der Waals surface area contributed by atoms with E-state index in [2.05, 4.69) is 26.1 Å². The maximum absolute atomic E-state index is 14.4. The molecule has 102 valence electrons. The first-order valence-electron chi connectivity index (χ1n) is 5.78. The number of halogens is 2. The normalized spacial score (nSPS) is 10.7. The van der Waals surface area contributed by atoms with Crippen LogP contribution in [0.2, 0.25) is 0 Å². The van der Waals surface area contributed by atoms with Crippen LogP contribution in [0.4, 0.5) is 4.39 Å². The number of hydrogen-bond acceptors (Lipinski definition) is 3. The fourth-order valence-electron chi connectivity index (χ4n) is 1.84. The summed E-state index contributed by atoms with van der Waals surface area (Å²) in [6, 6.07) is 3.29. The Hall–Kier alpha value is -1.21. The third-order valence-electron chi connectivity index (χ3n) is 2.69. The minimum atomic E-state index is -0.466.